The van der Waals surface area contributed by atoms with Crippen LogP contribution in [0.5, 0.6) is 0 Å². The molecule has 0 aromatic heterocycles. The van der Waals surface area contributed by atoms with Crippen molar-refractivity contribution in [3.05, 3.63) is 35.9 Å². The lowest BCUT2D eigenvalue weighted by molar-refractivity contribution is 0.152. The molecule has 0 spiro atoms. The van der Waals surface area contributed by atoms with Crippen molar-refractivity contribution in [1.29, 1.82) is 0 Å². The molecule has 0 bridgehead atoms. The highest BCUT2D eigenvalue weighted by Crippen LogP contribution is 2.53. The molecule has 0 aliphatic heterocycles. The number of carbonyl (C=O) groups excluding carboxylic acids is 1. The van der Waals surface area contributed by atoms with Crippen molar-refractivity contribution in [3.63, 3.8) is 0 Å². The maximum atomic E-state index is 13.2. The van der Waals surface area contributed by atoms with E-state index in [2.05, 4.69) is 10.5 Å². The van der Waals surface area contributed by atoms with Gasteiger partial charge in [-0.05, 0) is 27.7 Å². The molecule has 0 radical (unpaired) electrons. The minimum Gasteiger partial charge on any atom is -0.350 e. The highest BCUT2D eigenvalue weighted by molar-refractivity contribution is 7.73. The second-order valence-electron chi connectivity index (χ2n) is 5.08. The molecular formula is C14H22N3O4P. The van der Waals surface area contributed by atoms with Gasteiger partial charge < -0.3 is 14.8 Å². The van der Waals surface area contributed by atoms with Gasteiger partial charge in [0.15, 0.2) is 5.45 Å². The largest absolute Gasteiger partial charge is 0.382 e. The first-order valence-electron chi connectivity index (χ1n) is 6.90. The van der Waals surface area contributed by atoms with Crippen molar-refractivity contribution in [1.82, 2.24) is 5.43 Å². The molecule has 0 fully saturated rings. The van der Waals surface area contributed by atoms with Gasteiger partial charge in [0.05, 0.1) is 12.2 Å². The molecule has 0 saturated carbocycles. The van der Waals surface area contributed by atoms with E-state index in [0.29, 0.717) is 5.56 Å². The number of benzene rings is 1. The Labute approximate surface area is 130 Å². The average Bonchev–Trinajstić information content (AvgIpc) is 2.37. The maximum Gasteiger partial charge on any atom is 0.382 e. The fraction of sp³-hybridized carbons (Fsp3) is 0.429. The maximum absolute atomic E-state index is 13.2. The van der Waals surface area contributed by atoms with E-state index in [9.17, 15) is 9.36 Å². The van der Waals surface area contributed by atoms with E-state index in [0.717, 1.165) is 0 Å². The second-order valence-corrected chi connectivity index (χ2v) is 6.92. The van der Waals surface area contributed by atoms with Gasteiger partial charge in [-0.1, -0.05) is 30.3 Å². The van der Waals surface area contributed by atoms with Crippen molar-refractivity contribution in [2.24, 2.45) is 10.8 Å². The molecule has 0 atom stereocenters. The van der Waals surface area contributed by atoms with Crippen LogP contribution < -0.4 is 11.2 Å². The third-order valence-electron chi connectivity index (χ3n) is 2.26. The minimum absolute atomic E-state index is 0.00861. The molecule has 1 rings (SSSR count). The number of rotatable bonds is 7. The van der Waals surface area contributed by atoms with E-state index in [4.69, 9.17) is 14.8 Å². The summed E-state index contributed by atoms with van der Waals surface area (Å²) in [5.74, 6) is 0. The molecule has 122 valence electrons. The fourth-order valence-electron chi connectivity index (χ4n) is 1.66. The summed E-state index contributed by atoms with van der Waals surface area (Å²) in [6, 6.07) is 7.84. The van der Waals surface area contributed by atoms with Crippen LogP contribution >= 0.6 is 7.60 Å². The van der Waals surface area contributed by atoms with E-state index < -0.39 is 13.6 Å². The average molecular weight is 327 g/mol. The van der Waals surface area contributed by atoms with Crippen molar-refractivity contribution < 1.29 is 18.4 Å². The monoisotopic (exact) mass is 327 g/mol. The molecule has 8 heteroatoms. The SMILES string of the molecule is CC(C)OP(=O)(OC(C)C)/C(=N/NC(N)=O)c1ccccc1. The van der Waals surface area contributed by atoms with Gasteiger partial charge in [-0.3, -0.25) is 4.57 Å². The predicted octanol–water partition coefficient (Wildman–Crippen LogP) is 3.06. The number of hydrazone groups is 1. The predicted molar refractivity (Wildman–Crippen MR) is 85.7 cm³/mol. The number of nitrogens with zero attached hydrogens (tertiary/aromatic N) is 1. The number of amides is 2. The van der Waals surface area contributed by atoms with Gasteiger partial charge in [0.25, 0.3) is 0 Å². The molecule has 2 amide bonds. The summed E-state index contributed by atoms with van der Waals surface area (Å²) in [4.78, 5) is 10.9. The summed E-state index contributed by atoms with van der Waals surface area (Å²) in [5.41, 5.74) is 7.65. The van der Waals surface area contributed by atoms with Crippen LogP contribution in [0.25, 0.3) is 0 Å². The zero-order valence-electron chi connectivity index (χ0n) is 13.1. The van der Waals surface area contributed by atoms with E-state index in [-0.39, 0.29) is 17.7 Å². The Kier molecular flexibility index (Phi) is 6.74. The van der Waals surface area contributed by atoms with Crippen LogP contribution in [-0.2, 0) is 13.6 Å². The lowest BCUT2D eigenvalue weighted by atomic mass is 10.2. The van der Waals surface area contributed by atoms with Gasteiger partial charge in [0, 0.05) is 5.56 Å². The summed E-state index contributed by atoms with van der Waals surface area (Å²) in [6.07, 6.45) is -0.709. The number of hydrogen-bond acceptors (Lipinski definition) is 5. The van der Waals surface area contributed by atoms with Crippen LogP contribution in [0, 0.1) is 0 Å². The molecule has 3 N–H and O–H groups in total. The lowest BCUT2D eigenvalue weighted by Crippen LogP contribution is -2.27. The number of nitrogens with one attached hydrogen (secondary N) is 1. The Morgan fingerprint density at radius 1 is 1.14 bits per heavy atom. The fourth-order valence-corrected chi connectivity index (χ4v) is 3.66. The van der Waals surface area contributed by atoms with Crippen molar-refractivity contribution in [2.45, 2.75) is 39.9 Å². The van der Waals surface area contributed by atoms with E-state index in [1.807, 2.05) is 0 Å². The Bertz CT molecular complexity index is 559. The van der Waals surface area contributed by atoms with Gasteiger partial charge in [-0.2, -0.15) is 5.10 Å². The summed E-state index contributed by atoms with van der Waals surface area (Å²) in [7, 11) is -3.74. The zero-order chi connectivity index (χ0) is 16.8. The molecule has 1 aromatic carbocycles. The first-order chi connectivity index (χ1) is 10.2. The molecular weight excluding hydrogens is 305 g/mol. The van der Waals surface area contributed by atoms with Crippen molar-refractivity contribution in [3.8, 4) is 0 Å². The number of urea groups is 1. The van der Waals surface area contributed by atoms with Crippen molar-refractivity contribution >= 4 is 19.1 Å². The molecule has 0 aliphatic carbocycles. The molecule has 0 aliphatic rings. The lowest BCUT2D eigenvalue weighted by Gasteiger charge is -2.24. The van der Waals surface area contributed by atoms with Crippen molar-refractivity contribution in [2.75, 3.05) is 0 Å². The summed E-state index contributed by atoms with van der Waals surface area (Å²) < 4.78 is 24.2. The minimum atomic E-state index is -3.74. The molecule has 0 heterocycles. The zero-order valence-corrected chi connectivity index (χ0v) is 14.0. The molecule has 1 aromatic rings. The third-order valence-corrected chi connectivity index (χ3v) is 4.54. The van der Waals surface area contributed by atoms with E-state index in [1.165, 1.54) is 0 Å². The highest BCUT2D eigenvalue weighted by Gasteiger charge is 2.36. The Morgan fingerprint density at radius 3 is 2.05 bits per heavy atom. The van der Waals surface area contributed by atoms with Crippen LogP contribution in [-0.4, -0.2) is 23.7 Å². The molecule has 22 heavy (non-hydrogen) atoms. The number of carbonyl (C=O) groups is 1. The van der Waals surface area contributed by atoms with Gasteiger partial charge in [0.2, 0.25) is 0 Å². The summed E-state index contributed by atoms with van der Waals surface area (Å²) in [6.45, 7) is 6.95. The third kappa shape index (κ3) is 5.60. The van der Waals surface area contributed by atoms with Gasteiger partial charge >= 0.3 is 13.6 Å². The number of primary amides is 1. The first kappa shape index (κ1) is 18.4. The summed E-state index contributed by atoms with van der Waals surface area (Å²) in [5, 5.41) is 3.85. The topological polar surface area (TPSA) is 103 Å². The first-order valence-corrected chi connectivity index (χ1v) is 8.45. The van der Waals surface area contributed by atoms with Gasteiger partial charge in [-0.25, -0.2) is 10.2 Å². The Balaban J connectivity index is 3.34. The van der Waals surface area contributed by atoms with E-state index >= 15 is 0 Å². The van der Waals surface area contributed by atoms with Crippen LogP contribution in [0.1, 0.15) is 33.3 Å². The standard InChI is InChI=1S/C14H22N3O4P/c1-10(2)20-22(19,21-11(3)4)13(16-17-14(15)18)12-8-6-5-7-9-12/h5-11H,1-4H3,(H3,15,17,18)/b16-13+. The smallest absolute Gasteiger partial charge is 0.350 e. The highest BCUT2D eigenvalue weighted by atomic mass is 31.2. The second kappa shape index (κ2) is 8.08. The Hall–Kier alpha value is -1.69. The van der Waals surface area contributed by atoms with Crippen LogP contribution in [0.2, 0.25) is 0 Å². The van der Waals surface area contributed by atoms with Crippen LogP contribution in [0.15, 0.2) is 35.4 Å². The van der Waals surface area contributed by atoms with Crippen LogP contribution in [0.4, 0.5) is 4.79 Å². The number of hydrogen-bond donors (Lipinski definition) is 2. The van der Waals surface area contributed by atoms with E-state index in [1.54, 1.807) is 58.0 Å². The quantitative estimate of drug-likeness (QED) is 0.456. The van der Waals surface area contributed by atoms with Gasteiger partial charge in [-0.15, -0.1) is 0 Å². The molecule has 0 saturated heterocycles. The molecule has 7 nitrogen and oxygen atoms in total. The number of nitrogens with two attached hydrogens (primary N) is 1. The van der Waals surface area contributed by atoms with Gasteiger partial charge in [0.1, 0.15) is 0 Å². The van der Waals surface area contributed by atoms with Crippen LogP contribution in [0.3, 0.4) is 0 Å². The molecule has 0 unspecified atom stereocenters. The normalized spacial score (nSPS) is 12.7. The summed E-state index contributed by atoms with van der Waals surface area (Å²) >= 11 is 0. The Morgan fingerprint density at radius 2 is 1.64 bits per heavy atom.